The minimum absolute atomic E-state index is 0.0638. The first kappa shape index (κ1) is 64.9. The first-order valence-electron chi connectivity index (χ1n) is 25.3. The van der Waals surface area contributed by atoms with E-state index in [-0.39, 0.29) is 57.3 Å². The van der Waals surface area contributed by atoms with Crippen molar-refractivity contribution in [2.75, 3.05) is 21.3 Å². The number of nitrogens with two attached hydrogens (primary N) is 2. The van der Waals surface area contributed by atoms with Crippen LogP contribution >= 0.6 is 0 Å². The van der Waals surface area contributed by atoms with Gasteiger partial charge in [-0.15, -0.1) is 0 Å². The fourth-order valence-electron chi connectivity index (χ4n) is 10.7. The zero-order valence-corrected chi connectivity index (χ0v) is 44.5. The average molecular weight is 1320 g/mol. The van der Waals surface area contributed by atoms with Crippen molar-refractivity contribution in [2.45, 2.75) is 49.4 Å². The predicted octanol–water partition coefficient (Wildman–Crippen LogP) is 18.9. The summed E-state index contributed by atoms with van der Waals surface area (Å²) in [6.45, 7) is 0. The number of carbonyl (C=O) groups excluding carboxylic acids is 4. The van der Waals surface area contributed by atoms with Crippen molar-refractivity contribution >= 4 is 46.4 Å². The van der Waals surface area contributed by atoms with E-state index in [1.165, 1.54) is 0 Å². The number of nitrogens with zero attached hydrogens (tertiary/aromatic N) is 2. The molecule has 478 valence electrons. The van der Waals surface area contributed by atoms with Crippen LogP contribution in [0.15, 0.2) is 133 Å². The highest BCUT2D eigenvalue weighted by Gasteiger charge is 2.49. The summed E-state index contributed by atoms with van der Waals surface area (Å²) in [4.78, 5) is 55.8. The number of imide groups is 2. The summed E-state index contributed by atoms with van der Waals surface area (Å²) >= 11 is 0. The number of rotatable bonds is 7. The van der Waals surface area contributed by atoms with Gasteiger partial charge in [0, 0.05) is 11.4 Å². The van der Waals surface area contributed by atoms with Crippen molar-refractivity contribution in [3.05, 3.63) is 200 Å². The van der Waals surface area contributed by atoms with Crippen LogP contribution in [0.2, 0.25) is 0 Å². The molecular formula is C60H26F24N4O4. The molecule has 0 aliphatic carbocycles. The molecule has 10 rings (SSSR count). The van der Waals surface area contributed by atoms with E-state index in [2.05, 4.69) is 0 Å². The molecule has 8 nitrogen and oxygen atoms in total. The van der Waals surface area contributed by atoms with E-state index in [1.807, 2.05) is 0 Å². The van der Waals surface area contributed by atoms with Gasteiger partial charge in [0.25, 0.3) is 23.6 Å². The smallest absolute Gasteiger partial charge is 0.399 e. The molecule has 2 heterocycles. The van der Waals surface area contributed by atoms with Crippen molar-refractivity contribution in [1.82, 2.24) is 0 Å². The van der Waals surface area contributed by atoms with Crippen molar-refractivity contribution in [3.8, 4) is 55.6 Å². The standard InChI is InChI=1S/C60H26F24N4O4/c61-53(62,63)41-15-25(85)3-9-29(41)35-19-47(59(79,80)81)37(21-45(35)57(73,74)75)31-11-5-27(17-43(31)55(67,68)69)87-49(89)33-7-1-23(13-39(33)51(87)91)24-2-8-34-40(14-24)52(92)88(50(34)90)28-6-12-32(44(18-28)56(70,71)72)38-22-46(58(76,77)78)36(20-48(38)60(82,83)84)30-10-4-26(86)16-42(30)54(64,65)66/h1-22H,85-86H2. The summed E-state index contributed by atoms with van der Waals surface area (Å²) in [6.07, 6.45) is -46.3. The molecule has 8 aromatic carbocycles. The second-order valence-electron chi connectivity index (χ2n) is 20.4. The molecular weight excluding hydrogens is 1300 g/mol. The number of halogens is 24. The zero-order chi connectivity index (χ0) is 68.0. The number of hydrogen-bond acceptors (Lipinski definition) is 6. The van der Waals surface area contributed by atoms with Gasteiger partial charge in [-0.2, -0.15) is 105 Å². The quantitative estimate of drug-likeness (QED) is 0.0930. The first-order valence-corrected chi connectivity index (χ1v) is 25.3. The van der Waals surface area contributed by atoms with Crippen LogP contribution in [0.25, 0.3) is 55.6 Å². The van der Waals surface area contributed by atoms with E-state index in [9.17, 15) is 98.2 Å². The van der Waals surface area contributed by atoms with Crippen molar-refractivity contribution < 1.29 is 125 Å². The first-order chi connectivity index (χ1) is 42.2. The Morgan fingerprint density at radius 1 is 0.217 bits per heavy atom. The normalized spacial score (nSPS) is 14.4. The van der Waals surface area contributed by atoms with E-state index >= 15 is 26.3 Å². The second-order valence-corrected chi connectivity index (χ2v) is 20.4. The summed E-state index contributed by atoms with van der Waals surface area (Å²) < 4.78 is 352. The van der Waals surface area contributed by atoms with Gasteiger partial charge in [-0.3, -0.25) is 19.2 Å². The maximum Gasteiger partial charge on any atom is 0.417 e. The third-order valence-electron chi connectivity index (χ3n) is 14.6. The lowest BCUT2D eigenvalue weighted by molar-refractivity contribution is -0.141. The maximum absolute atomic E-state index is 15.0. The third-order valence-corrected chi connectivity index (χ3v) is 14.6. The summed E-state index contributed by atoms with van der Waals surface area (Å²) in [7, 11) is 0. The highest BCUT2D eigenvalue weighted by Crippen LogP contribution is 2.54. The summed E-state index contributed by atoms with van der Waals surface area (Å²) in [5, 5.41) is 0. The fourth-order valence-corrected chi connectivity index (χ4v) is 10.7. The van der Waals surface area contributed by atoms with Crippen LogP contribution in [-0.2, 0) is 49.4 Å². The molecule has 0 saturated heterocycles. The Morgan fingerprint density at radius 3 is 0.674 bits per heavy atom. The number of benzene rings is 8. The van der Waals surface area contributed by atoms with Crippen molar-refractivity contribution in [3.63, 3.8) is 0 Å². The lowest BCUT2D eigenvalue weighted by Crippen LogP contribution is -2.29. The Labute approximate surface area is 496 Å². The minimum Gasteiger partial charge on any atom is -0.399 e. The van der Waals surface area contributed by atoms with Crippen LogP contribution < -0.4 is 21.3 Å². The Kier molecular flexibility index (Phi) is 15.0. The molecule has 0 fully saturated rings. The molecule has 8 aromatic rings. The van der Waals surface area contributed by atoms with Crippen LogP contribution in [-0.4, -0.2) is 23.6 Å². The Morgan fingerprint density at radius 2 is 0.424 bits per heavy atom. The Hall–Kier alpha value is -10.0. The van der Waals surface area contributed by atoms with E-state index in [0.29, 0.717) is 36.4 Å². The van der Waals surface area contributed by atoms with Crippen molar-refractivity contribution in [2.24, 2.45) is 0 Å². The van der Waals surface area contributed by atoms with Crippen LogP contribution in [0.1, 0.15) is 85.9 Å². The molecule has 2 aliphatic rings. The highest BCUT2D eigenvalue weighted by atomic mass is 19.4. The van der Waals surface area contributed by atoms with Crippen LogP contribution in [0, 0.1) is 0 Å². The van der Waals surface area contributed by atoms with Crippen molar-refractivity contribution in [1.29, 1.82) is 0 Å². The largest absolute Gasteiger partial charge is 0.417 e. The van der Waals surface area contributed by atoms with Gasteiger partial charge in [-0.1, -0.05) is 36.4 Å². The SMILES string of the molecule is Nc1ccc(-c2cc(C(F)(F)F)c(-c3ccc(N4C(=O)c5ccc(-c6ccc7c(c6)C(=O)N(c6ccc(-c8cc(C(F)(F)F)c(-c9ccc(N)cc9C(F)(F)F)cc8C(F)(F)F)c(C(F)(F)F)c6)C7=O)cc5C4=O)cc3C(F)(F)F)cc2C(F)(F)F)c(C(F)(F)F)c1. The van der Waals surface area contributed by atoms with Crippen LogP contribution in [0.3, 0.4) is 0 Å². The van der Waals surface area contributed by atoms with Gasteiger partial charge < -0.3 is 11.5 Å². The van der Waals surface area contributed by atoms with Crippen LogP contribution in [0.4, 0.5) is 128 Å². The molecule has 0 atom stereocenters. The molecule has 2 aliphatic heterocycles. The Balaban J connectivity index is 0.996. The molecule has 4 N–H and O–H groups in total. The van der Waals surface area contributed by atoms with Gasteiger partial charge in [0.2, 0.25) is 0 Å². The number of alkyl halides is 24. The highest BCUT2D eigenvalue weighted by molar-refractivity contribution is 6.36. The maximum atomic E-state index is 15.0. The number of fused-ring (bicyclic) bond motifs is 2. The number of amides is 4. The van der Waals surface area contributed by atoms with E-state index in [0.717, 1.165) is 36.4 Å². The number of nitrogen functional groups attached to an aromatic ring is 2. The zero-order valence-electron chi connectivity index (χ0n) is 44.5. The van der Waals surface area contributed by atoms with Gasteiger partial charge in [0.15, 0.2) is 0 Å². The summed E-state index contributed by atoms with van der Waals surface area (Å²) in [5.74, 6) is -5.77. The monoisotopic (exact) mass is 1320 g/mol. The summed E-state index contributed by atoms with van der Waals surface area (Å²) in [5.41, 5.74) is -26.7. The molecule has 0 saturated carbocycles. The van der Waals surface area contributed by atoms with E-state index in [4.69, 9.17) is 11.5 Å². The van der Waals surface area contributed by atoms with E-state index in [1.54, 1.807) is 0 Å². The van der Waals surface area contributed by atoms with Gasteiger partial charge in [-0.05, 0) is 153 Å². The lowest BCUT2D eigenvalue weighted by atomic mass is 9.86. The van der Waals surface area contributed by atoms with Crippen LogP contribution in [0.5, 0.6) is 0 Å². The molecule has 0 spiro atoms. The number of carbonyl (C=O) groups is 4. The average Bonchev–Trinajstić information content (AvgIpc) is 1.21. The van der Waals surface area contributed by atoms with E-state index < -0.39 is 231 Å². The third kappa shape index (κ3) is 11.5. The van der Waals surface area contributed by atoms with Gasteiger partial charge >= 0.3 is 49.4 Å². The molecule has 4 amide bonds. The molecule has 0 unspecified atom stereocenters. The topological polar surface area (TPSA) is 127 Å². The van der Waals surface area contributed by atoms with Gasteiger partial charge in [0.05, 0.1) is 78.1 Å². The molecule has 0 radical (unpaired) electrons. The fraction of sp³-hybridized carbons (Fsp3) is 0.133. The van der Waals surface area contributed by atoms with Gasteiger partial charge in [-0.25, -0.2) is 9.80 Å². The molecule has 0 aromatic heterocycles. The molecule has 32 heteroatoms. The lowest BCUT2D eigenvalue weighted by Gasteiger charge is -2.24. The number of hydrogen-bond donors (Lipinski definition) is 2. The number of anilines is 4. The predicted molar refractivity (Wildman–Crippen MR) is 278 cm³/mol. The van der Waals surface area contributed by atoms with Gasteiger partial charge in [0.1, 0.15) is 0 Å². The summed E-state index contributed by atoms with van der Waals surface area (Å²) in [6, 6.07) is 6.99. The second kappa shape index (κ2) is 21.3. The minimum atomic E-state index is -5.90. The Bertz CT molecular complexity index is 4190. The molecule has 92 heavy (non-hydrogen) atoms. The molecule has 0 bridgehead atoms.